The van der Waals surface area contributed by atoms with Crippen LogP contribution in [0.4, 0.5) is 4.39 Å². The van der Waals surface area contributed by atoms with E-state index in [4.69, 9.17) is 15.3 Å². The van der Waals surface area contributed by atoms with Gasteiger partial charge in [-0.05, 0) is 24.1 Å². The second-order valence-corrected chi connectivity index (χ2v) is 4.99. The molecule has 2 rings (SSSR count). The van der Waals surface area contributed by atoms with E-state index in [2.05, 4.69) is 5.43 Å². The Morgan fingerprint density at radius 3 is 2.63 bits per heavy atom. The van der Waals surface area contributed by atoms with Gasteiger partial charge < -0.3 is 9.47 Å². The van der Waals surface area contributed by atoms with Gasteiger partial charge in [-0.1, -0.05) is 12.1 Å². The summed E-state index contributed by atoms with van der Waals surface area (Å²) in [6, 6.07) is 4.86. The molecule has 1 atom stereocenters. The van der Waals surface area contributed by atoms with E-state index in [0.717, 1.165) is 18.4 Å². The topological polar surface area (TPSA) is 56.5 Å². The zero-order valence-corrected chi connectivity index (χ0v) is 11.4. The van der Waals surface area contributed by atoms with E-state index in [1.165, 1.54) is 6.07 Å². The highest BCUT2D eigenvalue weighted by molar-refractivity contribution is 5.28. The number of aryl methyl sites for hydroxylation is 1. The van der Waals surface area contributed by atoms with Gasteiger partial charge in [0.1, 0.15) is 5.82 Å². The van der Waals surface area contributed by atoms with Crippen molar-refractivity contribution in [1.82, 2.24) is 5.43 Å². The number of nitrogens with one attached hydrogen (secondary N) is 1. The van der Waals surface area contributed by atoms with Crippen LogP contribution in [0.1, 0.15) is 30.0 Å². The van der Waals surface area contributed by atoms with Gasteiger partial charge in [-0.3, -0.25) is 11.3 Å². The molecule has 0 bridgehead atoms. The molecular weight excluding hydrogens is 247 g/mol. The Labute approximate surface area is 113 Å². The van der Waals surface area contributed by atoms with Crippen molar-refractivity contribution in [1.29, 1.82) is 0 Å². The SMILES string of the molecule is COC1(C(NN)c2ccc(F)c(C)c2)CCOCC1. The van der Waals surface area contributed by atoms with Crippen LogP contribution in [-0.2, 0) is 9.47 Å². The van der Waals surface area contributed by atoms with E-state index < -0.39 is 5.60 Å². The van der Waals surface area contributed by atoms with Crippen molar-refractivity contribution in [3.63, 3.8) is 0 Å². The second-order valence-electron chi connectivity index (χ2n) is 4.99. The summed E-state index contributed by atoms with van der Waals surface area (Å²) in [5, 5.41) is 0. The highest BCUT2D eigenvalue weighted by atomic mass is 19.1. The largest absolute Gasteiger partial charge is 0.381 e. The van der Waals surface area contributed by atoms with Crippen LogP contribution in [0, 0.1) is 12.7 Å². The van der Waals surface area contributed by atoms with Gasteiger partial charge in [-0.15, -0.1) is 0 Å². The Morgan fingerprint density at radius 2 is 2.11 bits per heavy atom. The standard InChI is InChI=1S/C14H21FN2O2/c1-10-9-11(3-4-12(10)15)13(17-16)14(18-2)5-7-19-8-6-14/h3-4,9,13,17H,5-8,16H2,1-2H3. The van der Waals surface area contributed by atoms with Crippen LogP contribution in [0.2, 0.25) is 0 Å². The molecule has 4 nitrogen and oxygen atoms in total. The van der Waals surface area contributed by atoms with E-state index in [1.807, 2.05) is 6.07 Å². The molecule has 0 amide bonds. The highest BCUT2D eigenvalue weighted by Gasteiger charge is 2.41. The molecule has 3 N–H and O–H groups in total. The first-order valence-corrected chi connectivity index (χ1v) is 6.48. The summed E-state index contributed by atoms with van der Waals surface area (Å²) in [6.07, 6.45) is 1.52. The maximum Gasteiger partial charge on any atom is 0.126 e. The van der Waals surface area contributed by atoms with Crippen molar-refractivity contribution in [3.05, 3.63) is 35.1 Å². The Bertz CT molecular complexity index is 433. The van der Waals surface area contributed by atoms with E-state index in [-0.39, 0.29) is 11.9 Å². The predicted octanol–water partition coefficient (Wildman–Crippen LogP) is 1.83. The van der Waals surface area contributed by atoms with Crippen molar-refractivity contribution in [3.8, 4) is 0 Å². The van der Waals surface area contributed by atoms with Gasteiger partial charge in [0.25, 0.3) is 0 Å². The van der Waals surface area contributed by atoms with Crippen LogP contribution in [0.5, 0.6) is 0 Å². The summed E-state index contributed by atoms with van der Waals surface area (Å²) in [7, 11) is 1.69. The number of hydrogen-bond donors (Lipinski definition) is 2. The molecule has 1 fully saturated rings. The molecule has 106 valence electrons. The summed E-state index contributed by atoms with van der Waals surface area (Å²) >= 11 is 0. The molecule has 1 aliphatic rings. The van der Waals surface area contributed by atoms with Gasteiger partial charge in [-0.25, -0.2) is 4.39 Å². The third-order valence-corrected chi connectivity index (χ3v) is 3.95. The third kappa shape index (κ3) is 2.79. The van der Waals surface area contributed by atoms with Crippen LogP contribution in [0.3, 0.4) is 0 Å². The molecule has 1 unspecified atom stereocenters. The minimum Gasteiger partial charge on any atom is -0.381 e. The molecule has 1 heterocycles. The van der Waals surface area contributed by atoms with E-state index in [9.17, 15) is 4.39 Å². The highest BCUT2D eigenvalue weighted by Crippen LogP contribution is 2.37. The Balaban J connectivity index is 2.33. The first kappa shape index (κ1) is 14.4. The van der Waals surface area contributed by atoms with E-state index in [1.54, 1.807) is 20.1 Å². The third-order valence-electron chi connectivity index (χ3n) is 3.95. The fourth-order valence-corrected chi connectivity index (χ4v) is 2.73. The van der Waals surface area contributed by atoms with Gasteiger partial charge in [0.05, 0.1) is 11.6 Å². The smallest absolute Gasteiger partial charge is 0.126 e. The lowest BCUT2D eigenvalue weighted by molar-refractivity contribution is -0.111. The summed E-state index contributed by atoms with van der Waals surface area (Å²) in [4.78, 5) is 0. The summed E-state index contributed by atoms with van der Waals surface area (Å²) in [6.45, 7) is 3.04. The molecule has 5 heteroatoms. The molecule has 1 aromatic rings. The van der Waals surface area contributed by atoms with Gasteiger partial charge in [-0.2, -0.15) is 0 Å². The van der Waals surface area contributed by atoms with Gasteiger partial charge >= 0.3 is 0 Å². The molecule has 0 radical (unpaired) electrons. The second kappa shape index (κ2) is 5.96. The Hall–Kier alpha value is -1.01. The molecule has 1 saturated heterocycles. The van der Waals surface area contributed by atoms with Crippen LogP contribution in [0.15, 0.2) is 18.2 Å². The number of ether oxygens (including phenoxy) is 2. The van der Waals surface area contributed by atoms with Crippen LogP contribution in [-0.4, -0.2) is 25.9 Å². The Kier molecular flexibility index (Phi) is 4.52. The Morgan fingerprint density at radius 1 is 1.42 bits per heavy atom. The molecule has 0 spiro atoms. The number of methoxy groups -OCH3 is 1. The lowest BCUT2D eigenvalue weighted by Gasteiger charge is -2.42. The van der Waals surface area contributed by atoms with Crippen LogP contribution < -0.4 is 11.3 Å². The average molecular weight is 268 g/mol. The van der Waals surface area contributed by atoms with Crippen molar-refractivity contribution < 1.29 is 13.9 Å². The van der Waals surface area contributed by atoms with Crippen LogP contribution in [0.25, 0.3) is 0 Å². The number of rotatable bonds is 4. The first-order valence-electron chi connectivity index (χ1n) is 6.48. The number of benzene rings is 1. The normalized spacial score (nSPS) is 20.2. The van der Waals surface area contributed by atoms with Crippen molar-refractivity contribution in [2.24, 2.45) is 5.84 Å². The first-order chi connectivity index (χ1) is 9.13. The number of hydrazine groups is 1. The molecule has 0 aromatic heterocycles. The molecule has 0 saturated carbocycles. The average Bonchev–Trinajstić information content (AvgIpc) is 2.44. The lowest BCUT2D eigenvalue weighted by atomic mass is 9.82. The maximum absolute atomic E-state index is 13.4. The minimum absolute atomic E-state index is 0.180. The lowest BCUT2D eigenvalue weighted by Crippen LogP contribution is -2.51. The molecule has 1 aromatic carbocycles. The fourth-order valence-electron chi connectivity index (χ4n) is 2.73. The fraction of sp³-hybridized carbons (Fsp3) is 0.571. The zero-order chi connectivity index (χ0) is 13.9. The molecule has 19 heavy (non-hydrogen) atoms. The van der Waals surface area contributed by atoms with Gasteiger partial charge in [0.15, 0.2) is 0 Å². The summed E-state index contributed by atoms with van der Waals surface area (Å²) < 4.78 is 24.5. The van der Waals surface area contributed by atoms with Crippen molar-refractivity contribution >= 4 is 0 Å². The molecule has 1 aliphatic heterocycles. The minimum atomic E-state index is -0.405. The molecule has 0 aliphatic carbocycles. The summed E-state index contributed by atoms with van der Waals surface area (Å²) in [5.41, 5.74) is 3.96. The quantitative estimate of drug-likeness (QED) is 0.646. The number of halogens is 1. The van der Waals surface area contributed by atoms with E-state index in [0.29, 0.717) is 18.8 Å². The summed E-state index contributed by atoms with van der Waals surface area (Å²) in [5.74, 6) is 5.51. The van der Waals surface area contributed by atoms with Crippen molar-refractivity contribution in [2.45, 2.75) is 31.4 Å². The number of nitrogens with two attached hydrogens (primary N) is 1. The van der Waals surface area contributed by atoms with Crippen molar-refractivity contribution in [2.75, 3.05) is 20.3 Å². The van der Waals surface area contributed by atoms with E-state index >= 15 is 0 Å². The monoisotopic (exact) mass is 268 g/mol. The maximum atomic E-state index is 13.4. The van der Waals surface area contributed by atoms with Gasteiger partial charge in [0.2, 0.25) is 0 Å². The zero-order valence-electron chi connectivity index (χ0n) is 11.4. The molecular formula is C14H21FN2O2. The predicted molar refractivity (Wildman–Crippen MR) is 71.0 cm³/mol. The van der Waals surface area contributed by atoms with Crippen LogP contribution >= 0.6 is 0 Å². The number of hydrogen-bond acceptors (Lipinski definition) is 4. The van der Waals surface area contributed by atoms with Gasteiger partial charge in [0, 0.05) is 33.2 Å².